The van der Waals surface area contributed by atoms with E-state index in [1.807, 2.05) is 18.2 Å². The average molecular weight is 418 g/mol. The summed E-state index contributed by atoms with van der Waals surface area (Å²) in [4.78, 5) is 15.1. The van der Waals surface area contributed by atoms with Crippen molar-refractivity contribution in [1.82, 2.24) is 10.2 Å². The second kappa shape index (κ2) is 8.20. The minimum absolute atomic E-state index is 0.0230. The number of fused-ring (bicyclic) bond motifs is 1. The first-order valence-corrected chi connectivity index (χ1v) is 11.9. The van der Waals surface area contributed by atoms with Crippen molar-refractivity contribution in [3.63, 3.8) is 0 Å². The van der Waals surface area contributed by atoms with Crippen molar-refractivity contribution in [3.8, 4) is 0 Å². The molecule has 2 aliphatic heterocycles. The van der Waals surface area contributed by atoms with Gasteiger partial charge in [0.2, 0.25) is 10.0 Å². The first kappa shape index (κ1) is 20.0. The summed E-state index contributed by atoms with van der Waals surface area (Å²) in [5.41, 5.74) is 2.14. The third-order valence-electron chi connectivity index (χ3n) is 5.73. The highest BCUT2D eigenvalue weighted by atomic mass is 32.2. The van der Waals surface area contributed by atoms with Crippen LogP contribution in [-0.2, 0) is 16.4 Å². The van der Waals surface area contributed by atoms with E-state index in [0.29, 0.717) is 24.3 Å². The number of furan rings is 1. The number of nitrogens with zero attached hydrogens (tertiary/aromatic N) is 2. The highest BCUT2D eigenvalue weighted by Gasteiger charge is 2.27. The topological polar surface area (TPSA) is 82.9 Å². The van der Waals surface area contributed by atoms with Crippen LogP contribution in [0.3, 0.4) is 0 Å². The van der Waals surface area contributed by atoms with Gasteiger partial charge in [-0.05, 0) is 74.7 Å². The number of likely N-dealkylation sites (tertiary alicyclic amines) is 1. The summed E-state index contributed by atoms with van der Waals surface area (Å²) in [7, 11) is -3.31. The maximum atomic E-state index is 12.8. The normalized spacial score (nSPS) is 18.4. The summed E-state index contributed by atoms with van der Waals surface area (Å²) in [6, 6.07) is 9.12. The van der Waals surface area contributed by atoms with Gasteiger partial charge in [0.05, 0.1) is 24.2 Å². The van der Waals surface area contributed by atoms with E-state index in [2.05, 4.69) is 10.2 Å². The fourth-order valence-corrected chi connectivity index (χ4v) is 5.28. The predicted octanol–water partition coefficient (Wildman–Crippen LogP) is 2.56. The van der Waals surface area contributed by atoms with Crippen LogP contribution in [0.2, 0.25) is 0 Å². The van der Waals surface area contributed by atoms with Crippen LogP contribution >= 0.6 is 0 Å². The number of amides is 1. The lowest BCUT2D eigenvalue weighted by Crippen LogP contribution is -2.37. The van der Waals surface area contributed by atoms with Gasteiger partial charge in [-0.1, -0.05) is 0 Å². The van der Waals surface area contributed by atoms with E-state index >= 15 is 0 Å². The minimum Gasteiger partial charge on any atom is -0.468 e. The van der Waals surface area contributed by atoms with Crippen LogP contribution in [0.4, 0.5) is 5.69 Å². The number of hydrogen-bond acceptors (Lipinski definition) is 5. The third kappa shape index (κ3) is 4.33. The molecule has 0 spiro atoms. The molecule has 0 saturated carbocycles. The molecule has 1 fully saturated rings. The van der Waals surface area contributed by atoms with Crippen LogP contribution in [0.15, 0.2) is 41.0 Å². The van der Waals surface area contributed by atoms with E-state index in [1.54, 1.807) is 18.4 Å². The Morgan fingerprint density at radius 1 is 1.17 bits per heavy atom. The molecular weight excluding hydrogens is 390 g/mol. The zero-order valence-corrected chi connectivity index (χ0v) is 17.5. The fourth-order valence-electron chi connectivity index (χ4n) is 4.28. The Morgan fingerprint density at radius 3 is 2.66 bits per heavy atom. The average Bonchev–Trinajstić information content (AvgIpc) is 3.41. The van der Waals surface area contributed by atoms with Gasteiger partial charge in [0, 0.05) is 18.7 Å². The van der Waals surface area contributed by atoms with Gasteiger partial charge < -0.3 is 9.73 Å². The van der Waals surface area contributed by atoms with Gasteiger partial charge in [-0.2, -0.15) is 0 Å². The molecule has 8 heteroatoms. The van der Waals surface area contributed by atoms with E-state index in [1.165, 1.54) is 10.6 Å². The molecule has 0 bridgehead atoms. The lowest BCUT2D eigenvalue weighted by atomic mass is 10.0. The second-order valence-electron chi connectivity index (χ2n) is 7.77. The Bertz CT molecular complexity index is 966. The molecule has 0 radical (unpaired) electrons. The van der Waals surface area contributed by atoms with E-state index in [4.69, 9.17) is 4.42 Å². The molecule has 3 heterocycles. The highest BCUT2D eigenvalue weighted by molar-refractivity contribution is 7.92. The number of rotatable bonds is 6. The molecule has 0 unspecified atom stereocenters. The molecule has 1 atom stereocenters. The Morgan fingerprint density at radius 2 is 1.97 bits per heavy atom. The van der Waals surface area contributed by atoms with Crippen LogP contribution in [0.1, 0.15) is 47.0 Å². The molecule has 29 heavy (non-hydrogen) atoms. The number of benzene rings is 1. The quantitative estimate of drug-likeness (QED) is 0.781. The second-order valence-corrected chi connectivity index (χ2v) is 9.67. The molecular formula is C21H27N3O4S. The molecule has 1 N–H and O–H groups in total. The largest absolute Gasteiger partial charge is 0.468 e. The Labute approximate surface area is 171 Å². The number of nitrogens with one attached hydrogen (secondary N) is 1. The van der Waals surface area contributed by atoms with Gasteiger partial charge in [0.15, 0.2) is 0 Å². The van der Waals surface area contributed by atoms with Crippen LogP contribution < -0.4 is 9.62 Å². The maximum Gasteiger partial charge on any atom is 0.251 e. The van der Waals surface area contributed by atoms with E-state index in [-0.39, 0.29) is 11.9 Å². The summed E-state index contributed by atoms with van der Waals surface area (Å²) in [6.45, 7) is 2.96. The van der Waals surface area contributed by atoms with Crippen LogP contribution in [0, 0.1) is 0 Å². The molecule has 1 saturated heterocycles. The lowest BCUT2D eigenvalue weighted by Gasteiger charge is -2.29. The number of anilines is 1. The summed E-state index contributed by atoms with van der Waals surface area (Å²) in [6.07, 6.45) is 6.72. The van der Waals surface area contributed by atoms with Crippen LogP contribution in [0.5, 0.6) is 0 Å². The van der Waals surface area contributed by atoms with Crippen LogP contribution in [0.25, 0.3) is 0 Å². The van der Waals surface area contributed by atoms with Crippen molar-refractivity contribution in [3.05, 3.63) is 53.5 Å². The van der Waals surface area contributed by atoms with E-state index in [9.17, 15) is 13.2 Å². The highest BCUT2D eigenvalue weighted by Crippen LogP contribution is 2.30. The smallest absolute Gasteiger partial charge is 0.251 e. The molecule has 4 rings (SSSR count). The fraction of sp³-hybridized carbons (Fsp3) is 0.476. The van der Waals surface area contributed by atoms with E-state index in [0.717, 1.165) is 50.1 Å². The first-order valence-electron chi connectivity index (χ1n) is 10.1. The van der Waals surface area contributed by atoms with Gasteiger partial charge in [0.25, 0.3) is 5.91 Å². The van der Waals surface area contributed by atoms with Gasteiger partial charge in [-0.15, -0.1) is 0 Å². The Balaban J connectivity index is 1.48. The van der Waals surface area contributed by atoms with Gasteiger partial charge in [0.1, 0.15) is 5.76 Å². The van der Waals surface area contributed by atoms with Crippen molar-refractivity contribution in [2.75, 3.05) is 36.7 Å². The molecule has 1 aromatic carbocycles. The van der Waals surface area contributed by atoms with Crippen molar-refractivity contribution in [2.45, 2.75) is 31.7 Å². The van der Waals surface area contributed by atoms with Crippen molar-refractivity contribution < 1.29 is 17.6 Å². The number of carbonyl (C=O) groups excluding carboxylic acids is 1. The third-order valence-corrected chi connectivity index (χ3v) is 6.91. The molecule has 0 aliphatic carbocycles. The Kier molecular flexibility index (Phi) is 5.65. The van der Waals surface area contributed by atoms with Crippen molar-refractivity contribution >= 4 is 21.6 Å². The molecule has 1 aromatic heterocycles. The monoisotopic (exact) mass is 417 g/mol. The molecule has 2 aromatic rings. The lowest BCUT2D eigenvalue weighted by molar-refractivity contribution is 0.0933. The number of hydrogen-bond donors (Lipinski definition) is 1. The molecule has 1 amide bonds. The number of sulfonamides is 1. The summed E-state index contributed by atoms with van der Waals surface area (Å²) in [5.74, 6) is 0.710. The predicted molar refractivity (Wildman–Crippen MR) is 112 cm³/mol. The summed E-state index contributed by atoms with van der Waals surface area (Å²) < 4.78 is 31.1. The van der Waals surface area contributed by atoms with Crippen molar-refractivity contribution in [2.24, 2.45) is 0 Å². The number of aryl methyl sites for hydroxylation is 1. The van der Waals surface area contributed by atoms with E-state index < -0.39 is 10.0 Å². The zero-order chi connectivity index (χ0) is 20.4. The van der Waals surface area contributed by atoms with Gasteiger partial charge in [-0.3, -0.25) is 14.0 Å². The molecule has 156 valence electrons. The zero-order valence-electron chi connectivity index (χ0n) is 16.6. The molecule has 7 nitrogen and oxygen atoms in total. The van der Waals surface area contributed by atoms with Gasteiger partial charge >= 0.3 is 0 Å². The number of carbonyl (C=O) groups is 1. The Hall–Kier alpha value is -2.32. The maximum absolute atomic E-state index is 12.8. The molecule has 2 aliphatic rings. The summed E-state index contributed by atoms with van der Waals surface area (Å²) >= 11 is 0. The van der Waals surface area contributed by atoms with Crippen LogP contribution in [-0.4, -0.2) is 51.7 Å². The first-order chi connectivity index (χ1) is 13.9. The van der Waals surface area contributed by atoms with Crippen molar-refractivity contribution in [1.29, 1.82) is 0 Å². The minimum atomic E-state index is -3.31. The standard InChI is InChI=1S/C21H27N3O4S/c1-29(26,27)24-12-4-6-16-14-17(8-9-18(16)24)21(25)22-15-19(20-7-5-13-28-20)23-10-2-3-11-23/h5,7-9,13-14,19H,2-4,6,10-12,15H2,1H3,(H,22,25)/t19-/m1/s1. The summed E-state index contributed by atoms with van der Waals surface area (Å²) in [5, 5.41) is 3.04. The SMILES string of the molecule is CS(=O)(=O)N1CCCc2cc(C(=O)NC[C@H](c3ccco3)N3CCCC3)ccc21. The van der Waals surface area contributed by atoms with Gasteiger partial charge in [-0.25, -0.2) is 8.42 Å².